The van der Waals surface area contributed by atoms with Gasteiger partial charge in [-0.2, -0.15) is 6.07 Å². The Bertz CT molecular complexity index is 856. The van der Waals surface area contributed by atoms with Gasteiger partial charge in [0.15, 0.2) is 0 Å². The van der Waals surface area contributed by atoms with E-state index in [0.29, 0.717) is 5.92 Å². The molecule has 1 aliphatic carbocycles. The molecule has 153 valence electrons. The summed E-state index contributed by atoms with van der Waals surface area (Å²) in [5.41, 5.74) is 5.67. The van der Waals surface area contributed by atoms with Crippen LogP contribution in [0.15, 0.2) is 54.6 Å². The minimum atomic E-state index is 0. The topological polar surface area (TPSA) is 0 Å². The summed E-state index contributed by atoms with van der Waals surface area (Å²) in [6.45, 7) is 4.51. The van der Waals surface area contributed by atoms with E-state index in [1.807, 2.05) is 0 Å². The fraction of sp³-hybridized carbons (Fsp3) is 0.423. The molecule has 0 bridgehead atoms. The van der Waals surface area contributed by atoms with Crippen LogP contribution in [-0.4, -0.2) is 0 Å². The summed E-state index contributed by atoms with van der Waals surface area (Å²) in [5.74, 6) is 1.48. The van der Waals surface area contributed by atoms with Crippen molar-refractivity contribution in [1.82, 2.24) is 0 Å². The molecule has 0 aliphatic heterocycles. The Kier molecular flexibility index (Phi) is 11.3. The molecule has 3 aromatic carbocycles. The van der Waals surface area contributed by atoms with Crippen molar-refractivity contribution in [2.24, 2.45) is 5.92 Å². The van der Waals surface area contributed by atoms with Crippen LogP contribution in [0.2, 0.25) is 0 Å². The summed E-state index contributed by atoms with van der Waals surface area (Å²) < 4.78 is 0. The fourth-order valence-corrected chi connectivity index (χ4v) is 4.62. The van der Waals surface area contributed by atoms with E-state index in [1.165, 1.54) is 78.0 Å². The Balaban J connectivity index is 0.00000140. The van der Waals surface area contributed by atoms with Crippen LogP contribution in [0, 0.1) is 5.92 Å². The maximum absolute atomic E-state index is 2.46. The molecule has 0 N–H and O–H groups in total. The normalized spacial score (nSPS) is 14.6. The van der Waals surface area contributed by atoms with Crippen LogP contribution in [0.3, 0.4) is 0 Å². The van der Waals surface area contributed by atoms with Crippen LogP contribution < -0.4 is 24.8 Å². The van der Waals surface area contributed by atoms with Gasteiger partial charge in [0.1, 0.15) is 0 Å². The van der Waals surface area contributed by atoms with E-state index < -0.39 is 0 Å². The number of fused-ring (bicyclic) bond motifs is 1. The second-order valence-electron chi connectivity index (χ2n) is 8.51. The van der Waals surface area contributed by atoms with Crippen molar-refractivity contribution in [3.8, 4) is 11.1 Å². The quantitative estimate of drug-likeness (QED) is 0.375. The number of hydrogen-bond donors (Lipinski definition) is 0. The maximum Gasteiger partial charge on any atom is 3.00 e. The van der Waals surface area contributed by atoms with Crippen LogP contribution in [0.5, 0.6) is 0 Å². The Morgan fingerprint density at radius 1 is 0.897 bits per heavy atom. The summed E-state index contributed by atoms with van der Waals surface area (Å²) in [6.07, 6.45) is 9.85. The number of halogens is 2. The summed E-state index contributed by atoms with van der Waals surface area (Å²) >= 11 is 0. The molecule has 1 radical (unpaired) electrons. The predicted octanol–water partition coefficient (Wildman–Crippen LogP) is 1.87. The van der Waals surface area contributed by atoms with E-state index in [9.17, 15) is 0 Å². The summed E-state index contributed by atoms with van der Waals surface area (Å²) in [4.78, 5) is 0. The van der Waals surface area contributed by atoms with Crippen LogP contribution in [0.4, 0.5) is 0 Å². The standard InChI is InChI=1S/C26H31.2ClH.Zr/c1-19(2)22-12-14-23(15-13-22)25-11-7-10-24-17-21(18-26(24)25)16-20-8-5-3-4-6-9-20;;;/h7,10-15,17-20H,3-6,8-9,16H2,1-2H3;2*1H;/q-1;;;+3/p-2. The summed E-state index contributed by atoms with van der Waals surface area (Å²) in [6, 6.07) is 20.8. The molecule has 29 heavy (non-hydrogen) atoms. The molecule has 4 rings (SSSR count). The van der Waals surface area contributed by atoms with Gasteiger partial charge in [-0.15, -0.1) is 34.5 Å². The van der Waals surface area contributed by atoms with Crippen molar-refractivity contribution in [3.63, 3.8) is 0 Å². The third-order valence-corrected chi connectivity index (χ3v) is 6.20. The van der Waals surface area contributed by atoms with Crippen molar-refractivity contribution >= 4 is 10.8 Å². The third-order valence-electron chi connectivity index (χ3n) is 6.20. The molecule has 1 fully saturated rings. The van der Waals surface area contributed by atoms with E-state index in [4.69, 9.17) is 0 Å². The van der Waals surface area contributed by atoms with Gasteiger partial charge >= 0.3 is 26.2 Å². The van der Waals surface area contributed by atoms with E-state index in [-0.39, 0.29) is 51.0 Å². The predicted molar refractivity (Wildman–Crippen MR) is 114 cm³/mol. The van der Waals surface area contributed by atoms with Gasteiger partial charge in [0, 0.05) is 0 Å². The number of rotatable bonds is 4. The fourth-order valence-electron chi connectivity index (χ4n) is 4.62. The Morgan fingerprint density at radius 2 is 1.55 bits per heavy atom. The minimum Gasteiger partial charge on any atom is -1.00 e. The SMILES string of the molecule is CC(C)c1ccc(-c2cccc3[cH-]c(CC4CCCCCC4)cc23)cc1.[Cl-].[Cl-].[Zr+3]. The van der Waals surface area contributed by atoms with Gasteiger partial charge < -0.3 is 24.8 Å². The zero-order chi connectivity index (χ0) is 17.9. The van der Waals surface area contributed by atoms with E-state index in [0.717, 1.165) is 5.92 Å². The van der Waals surface area contributed by atoms with Gasteiger partial charge in [-0.25, -0.2) is 0 Å². The molecular formula is C26H31Cl2Zr. The van der Waals surface area contributed by atoms with E-state index >= 15 is 0 Å². The van der Waals surface area contributed by atoms with Crippen LogP contribution in [0.25, 0.3) is 21.9 Å². The van der Waals surface area contributed by atoms with Gasteiger partial charge in [-0.1, -0.05) is 88.3 Å². The van der Waals surface area contributed by atoms with Gasteiger partial charge in [-0.05, 0) is 29.4 Å². The first kappa shape index (κ1) is 26.5. The van der Waals surface area contributed by atoms with Crippen LogP contribution >= 0.6 is 0 Å². The Morgan fingerprint density at radius 3 is 2.17 bits per heavy atom. The molecule has 0 nitrogen and oxygen atoms in total. The second-order valence-corrected chi connectivity index (χ2v) is 8.51. The summed E-state index contributed by atoms with van der Waals surface area (Å²) in [7, 11) is 0. The molecule has 0 amide bonds. The van der Waals surface area contributed by atoms with Gasteiger partial charge in [0.05, 0.1) is 0 Å². The van der Waals surface area contributed by atoms with Crippen molar-refractivity contribution in [1.29, 1.82) is 0 Å². The van der Waals surface area contributed by atoms with Gasteiger partial charge in [0.25, 0.3) is 0 Å². The first-order chi connectivity index (χ1) is 12.7. The molecule has 0 heterocycles. The number of benzene rings is 2. The van der Waals surface area contributed by atoms with E-state index in [2.05, 4.69) is 68.4 Å². The average molecular weight is 506 g/mol. The van der Waals surface area contributed by atoms with Gasteiger partial charge in [-0.3, -0.25) is 0 Å². The minimum absolute atomic E-state index is 0. The van der Waals surface area contributed by atoms with Crippen molar-refractivity contribution in [2.75, 3.05) is 0 Å². The van der Waals surface area contributed by atoms with Crippen LogP contribution in [0.1, 0.15) is 69.4 Å². The first-order valence-corrected chi connectivity index (χ1v) is 10.5. The second kappa shape index (κ2) is 12.4. The number of hydrogen-bond acceptors (Lipinski definition) is 0. The molecule has 0 saturated heterocycles. The molecular weight excluding hydrogens is 474 g/mol. The molecule has 0 unspecified atom stereocenters. The Hall–Kier alpha value is -0.487. The molecule has 0 aromatic heterocycles. The summed E-state index contributed by atoms with van der Waals surface area (Å²) in [5, 5.41) is 2.83. The molecule has 1 aliphatic rings. The largest absolute Gasteiger partial charge is 3.00 e. The maximum atomic E-state index is 2.46. The van der Waals surface area contributed by atoms with E-state index in [1.54, 1.807) is 0 Å². The smallest absolute Gasteiger partial charge is 1.00 e. The van der Waals surface area contributed by atoms with Gasteiger partial charge in [0.2, 0.25) is 0 Å². The zero-order valence-electron chi connectivity index (χ0n) is 17.6. The third kappa shape index (κ3) is 6.49. The molecule has 0 atom stereocenters. The van der Waals surface area contributed by atoms with Crippen molar-refractivity contribution < 1.29 is 51.0 Å². The molecule has 3 aromatic rings. The van der Waals surface area contributed by atoms with Crippen molar-refractivity contribution in [3.05, 3.63) is 65.7 Å². The molecule has 3 heteroatoms. The van der Waals surface area contributed by atoms with Crippen LogP contribution in [-0.2, 0) is 32.6 Å². The zero-order valence-corrected chi connectivity index (χ0v) is 21.5. The monoisotopic (exact) mass is 503 g/mol. The first-order valence-electron chi connectivity index (χ1n) is 10.5. The Labute approximate surface area is 208 Å². The molecule has 0 spiro atoms. The molecule has 1 saturated carbocycles. The van der Waals surface area contributed by atoms with Crippen molar-refractivity contribution in [2.45, 2.75) is 64.7 Å². The average Bonchev–Trinajstić information content (AvgIpc) is 2.89.